The quantitative estimate of drug-likeness (QED) is 0.795. The van der Waals surface area contributed by atoms with E-state index < -0.39 is 30.3 Å². The van der Waals surface area contributed by atoms with Crippen molar-refractivity contribution in [3.63, 3.8) is 0 Å². The van der Waals surface area contributed by atoms with Crippen molar-refractivity contribution < 1.29 is 23.8 Å². The van der Waals surface area contributed by atoms with Gasteiger partial charge in [0.2, 0.25) is 0 Å². The van der Waals surface area contributed by atoms with Gasteiger partial charge in [-0.3, -0.25) is 4.79 Å². The summed E-state index contributed by atoms with van der Waals surface area (Å²) in [5, 5.41) is 11.6. The van der Waals surface area contributed by atoms with Crippen LogP contribution in [0.3, 0.4) is 0 Å². The number of halogens is 1. The van der Waals surface area contributed by atoms with E-state index in [1.165, 1.54) is 18.2 Å². The van der Waals surface area contributed by atoms with E-state index in [4.69, 9.17) is 4.74 Å². The van der Waals surface area contributed by atoms with Crippen molar-refractivity contribution in [1.29, 1.82) is 0 Å². The topological polar surface area (TPSA) is 75.6 Å². The Bertz CT molecular complexity index is 675. The molecule has 120 valence electrons. The Kier molecular flexibility index (Phi) is 5.82. The molecule has 0 fully saturated rings. The maximum absolute atomic E-state index is 13.1. The maximum atomic E-state index is 13.1. The number of carbonyl (C=O) groups is 2. The lowest BCUT2D eigenvalue weighted by Gasteiger charge is -2.15. The number of rotatable bonds is 6. The average molecular weight is 317 g/mol. The third-order valence-corrected chi connectivity index (χ3v) is 3.08. The Morgan fingerprint density at radius 2 is 1.87 bits per heavy atom. The van der Waals surface area contributed by atoms with Crippen LogP contribution >= 0.6 is 0 Å². The lowest BCUT2D eigenvalue weighted by molar-refractivity contribution is -0.148. The molecule has 0 aromatic heterocycles. The first-order chi connectivity index (χ1) is 11.1. The summed E-state index contributed by atoms with van der Waals surface area (Å²) in [5.74, 6) is -1.99. The molecule has 1 atom stereocenters. The summed E-state index contributed by atoms with van der Waals surface area (Å²) < 4.78 is 18.1. The predicted octanol–water partition coefficient (Wildman–Crippen LogP) is 1.66. The van der Waals surface area contributed by atoms with Crippen LogP contribution in [-0.2, 0) is 16.1 Å². The van der Waals surface area contributed by atoms with E-state index in [1.807, 2.05) is 6.07 Å². The monoisotopic (exact) mass is 317 g/mol. The molecule has 0 unspecified atom stereocenters. The van der Waals surface area contributed by atoms with Gasteiger partial charge in [-0.15, -0.1) is 0 Å². The fourth-order valence-electron chi connectivity index (χ4n) is 1.88. The Balaban J connectivity index is 1.93. The minimum Gasteiger partial charge on any atom is -0.459 e. The van der Waals surface area contributed by atoms with E-state index in [0.29, 0.717) is 0 Å². The van der Waals surface area contributed by atoms with Crippen molar-refractivity contribution in [2.75, 3.05) is 6.61 Å². The first-order valence-electron chi connectivity index (χ1n) is 6.98. The number of aliphatic hydroxyl groups is 1. The molecule has 2 aromatic rings. The Morgan fingerprint density at radius 1 is 1.13 bits per heavy atom. The van der Waals surface area contributed by atoms with Gasteiger partial charge in [0.25, 0.3) is 5.91 Å². The van der Waals surface area contributed by atoms with Gasteiger partial charge in [-0.2, -0.15) is 0 Å². The van der Waals surface area contributed by atoms with Crippen LogP contribution < -0.4 is 5.32 Å². The van der Waals surface area contributed by atoms with Crippen molar-refractivity contribution in [1.82, 2.24) is 5.32 Å². The molecule has 0 radical (unpaired) electrons. The molecule has 2 N–H and O–H groups in total. The summed E-state index contributed by atoms with van der Waals surface area (Å²) in [5.41, 5.74) is 0.841. The fourth-order valence-corrected chi connectivity index (χ4v) is 1.88. The molecule has 2 rings (SSSR count). The number of ether oxygens (including phenoxy) is 1. The Hall–Kier alpha value is -2.73. The fraction of sp³-hybridized carbons (Fsp3) is 0.176. The standard InChI is InChI=1S/C17H16FNO4/c18-14-8-4-7-13(9-14)16(21)19-15(10-20)17(22)23-11-12-5-2-1-3-6-12/h1-9,15,20H,10-11H2,(H,19,21)/t15-/m0/s1. The SMILES string of the molecule is O=C(N[C@@H](CO)C(=O)OCc1ccccc1)c1cccc(F)c1. The number of nitrogens with one attached hydrogen (secondary N) is 1. The highest BCUT2D eigenvalue weighted by molar-refractivity contribution is 5.96. The van der Waals surface area contributed by atoms with Gasteiger partial charge in [-0.1, -0.05) is 36.4 Å². The third kappa shape index (κ3) is 4.89. The molecule has 0 bridgehead atoms. The molecular weight excluding hydrogens is 301 g/mol. The molecule has 0 aliphatic rings. The van der Waals surface area contributed by atoms with Crippen LogP contribution in [0.25, 0.3) is 0 Å². The summed E-state index contributed by atoms with van der Waals surface area (Å²) in [6.45, 7) is -0.583. The van der Waals surface area contributed by atoms with Gasteiger partial charge >= 0.3 is 5.97 Å². The second kappa shape index (κ2) is 8.05. The highest BCUT2D eigenvalue weighted by atomic mass is 19.1. The number of hydrogen-bond donors (Lipinski definition) is 2. The van der Waals surface area contributed by atoms with Gasteiger partial charge in [-0.05, 0) is 23.8 Å². The second-order valence-corrected chi connectivity index (χ2v) is 4.81. The van der Waals surface area contributed by atoms with Crippen LogP contribution in [0.5, 0.6) is 0 Å². The zero-order valence-electron chi connectivity index (χ0n) is 12.2. The predicted molar refractivity (Wildman–Crippen MR) is 81.0 cm³/mol. The second-order valence-electron chi connectivity index (χ2n) is 4.81. The van der Waals surface area contributed by atoms with E-state index in [1.54, 1.807) is 24.3 Å². The lowest BCUT2D eigenvalue weighted by atomic mass is 10.2. The number of esters is 1. The van der Waals surface area contributed by atoms with Gasteiger partial charge in [0.1, 0.15) is 12.4 Å². The van der Waals surface area contributed by atoms with Gasteiger partial charge in [0, 0.05) is 5.56 Å². The molecule has 0 heterocycles. The molecule has 0 spiro atoms. The number of hydrogen-bond acceptors (Lipinski definition) is 4. The number of carbonyl (C=O) groups excluding carboxylic acids is 2. The van der Waals surface area contributed by atoms with Crippen LogP contribution in [0.2, 0.25) is 0 Å². The first-order valence-corrected chi connectivity index (χ1v) is 6.98. The molecule has 1 amide bonds. The summed E-state index contributed by atoms with van der Waals surface area (Å²) in [4.78, 5) is 23.9. The minimum atomic E-state index is -1.21. The van der Waals surface area contributed by atoms with Crippen molar-refractivity contribution >= 4 is 11.9 Å². The highest BCUT2D eigenvalue weighted by Crippen LogP contribution is 2.05. The van der Waals surface area contributed by atoms with Crippen LogP contribution in [0, 0.1) is 5.82 Å². The molecule has 6 heteroatoms. The number of benzene rings is 2. The largest absolute Gasteiger partial charge is 0.459 e. The average Bonchev–Trinajstić information content (AvgIpc) is 2.58. The first kappa shape index (κ1) is 16.6. The van der Waals surface area contributed by atoms with Crippen LogP contribution in [0.15, 0.2) is 54.6 Å². The summed E-state index contributed by atoms with van der Waals surface area (Å²) in [6, 6.07) is 12.8. The van der Waals surface area contributed by atoms with Gasteiger partial charge in [0.05, 0.1) is 6.61 Å². The summed E-state index contributed by atoms with van der Waals surface area (Å²) in [7, 11) is 0. The van der Waals surface area contributed by atoms with Crippen LogP contribution in [0.4, 0.5) is 4.39 Å². The zero-order chi connectivity index (χ0) is 16.7. The maximum Gasteiger partial charge on any atom is 0.331 e. The summed E-state index contributed by atoms with van der Waals surface area (Å²) in [6.07, 6.45) is 0. The van der Waals surface area contributed by atoms with E-state index in [-0.39, 0.29) is 12.2 Å². The number of amides is 1. The van der Waals surface area contributed by atoms with Crippen molar-refractivity contribution in [2.45, 2.75) is 12.6 Å². The molecule has 23 heavy (non-hydrogen) atoms. The van der Waals surface area contributed by atoms with Gasteiger partial charge < -0.3 is 15.2 Å². The van der Waals surface area contributed by atoms with Gasteiger partial charge in [-0.25, -0.2) is 9.18 Å². The Labute approximate surface area is 132 Å². The lowest BCUT2D eigenvalue weighted by Crippen LogP contribution is -2.44. The van der Waals surface area contributed by atoms with Crippen molar-refractivity contribution in [3.8, 4) is 0 Å². The molecule has 0 saturated heterocycles. The Morgan fingerprint density at radius 3 is 2.52 bits per heavy atom. The molecule has 0 aliphatic carbocycles. The number of aliphatic hydroxyl groups excluding tert-OH is 1. The van der Waals surface area contributed by atoms with Crippen molar-refractivity contribution in [3.05, 3.63) is 71.5 Å². The molecular formula is C17H16FNO4. The minimum absolute atomic E-state index is 0.0337. The van der Waals surface area contributed by atoms with Crippen LogP contribution in [-0.4, -0.2) is 29.6 Å². The van der Waals surface area contributed by atoms with Crippen molar-refractivity contribution in [2.24, 2.45) is 0 Å². The van der Waals surface area contributed by atoms with E-state index in [9.17, 15) is 19.1 Å². The summed E-state index contributed by atoms with van der Waals surface area (Å²) >= 11 is 0. The highest BCUT2D eigenvalue weighted by Gasteiger charge is 2.22. The molecule has 0 aliphatic heterocycles. The van der Waals surface area contributed by atoms with Gasteiger partial charge in [0.15, 0.2) is 6.04 Å². The normalized spacial score (nSPS) is 11.6. The van der Waals surface area contributed by atoms with E-state index >= 15 is 0 Å². The third-order valence-electron chi connectivity index (χ3n) is 3.08. The van der Waals surface area contributed by atoms with E-state index in [0.717, 1.165) is 11.6 Å². The van der Waals surface area contributed by atoms with E-state index in [2.05, 4.69) is 5.32 Å². The smallest absolute Gasteiger partial charge is 0.331 e. The molecule has 5 nitrogen and oxygen atoms in total. The molecule has 2 aromatic carbocycles. The van der Waals surface area contributed by atoms with Crippen LogP contribution in [0.1, 0.15) is 15.9 Å². The molecule has 0 saturated carbocycles. The zero-order valence-corrected chi connectivity index (χ0v) is 12.2.